The first-order chi connectivity index (χ1) is 30.8. The smallest absolute Gasteiger partial charge is 0.306 e. The van der Waals surface area contributed by atoms with Crippen molar-refractivity contribution in [2.45, 2.75) is 323 Å². The molecule has 6 heteroatoms. The maximum atomic E-state index is 12.8. The van der Waals surface area contributed by atoms with Crippen molar-refractivity contribution < 1.29 is 28.6 Å². The van der Waals surface area contributed by atoms with Gasteiger partial charge >= 0.3 is 17.9 Å². The van der Waals surface area contributed by atoms with E-state index in [1.165, 1.54) is 205 Å². The van der Waals surface area contributed by atoms with Gasteiger partial charge in [0.05, 0.1) is 0 Å². The van der Waals surface area contributed by atoms with Crippen LogP contribution in [0.3, 0.4) is 0 Å². The van der Waals surface area contributed by atoms with Gasteiger partial charge in [-0.2, -0.15) is 0 Å². The molecule has 0 aromatic carbocycles. The molecule has 0 bridgehead atoms. The normalized spacial score (nSPS) is 12.5. The molecule has 374 valence electrons. The van der Waals surface area contributed by atoms with Crippen LogP contribution < -0.4 is 0 Å². The zero-order valence-corrected chi connectivity index (χ0v) is 43.2. The van der Waals surface area contributed by atoms with Crippen LogP contribution in [0.25, 0.3) is 0 Å². The lowest BCUT2D eigenvalue weighted by Crippen LogP contribution is -2.30. The van der Waals surface area contributed by atoms with Gasteiger partial charge in [0.1, 0.15) is 13.2 Å². The lowest BCUT2D eigenvalue weighted by atomic mass is 9.99. The fourth-order valence-electron chi connectivity index (χ4n) is 8.66. The Morgan fingerprint density at radius 1 is 0.333 bits per heavy atom. The van der Waals surface area contributed by atoms with Crippen LogP contribution >= 0.6 is 0 Å². The Hall–Kier alpha value is -1.59. The molecule has 63 heavy (non-hydrogen) atoms. The first-order valence-electron chi connectivity index (χ1n) is 28.3. The molecule has 0 aromatic heterocycles. The second kappa shape index (κ2) is 49.8. The molecule has 0 spiro atoms. The topological polar surface area (TPSA) is 78.9 Å². The number of ether oxygens (including phenoxy) is 3. The van der Waals surface area contributed by atoms with Crippen molar-refractivity contribution in [3.8, 4) is 0 Å². The molecule has 2 atom stereocenters. The molecular formula is C57H110O6. The average molecular weight is 892 g/mol. The number of carbonyl (C=O) groups excluding carboxylic acids is 3. The maximum Gasteiger partial charge on any atom is 0.306 e. The van der Waals surface area contributed by atoms with Gasteiger partial charge in [-0.05, 0) is 31.1 Å². The number of esters is 3. The summed E-state index contributed by atoms with van der Waals surface area (Å²) in [7, 11) is 0. The molecule has 0 saturated heterocycles. The second-order valence-electron chi connectivity index (χ2n) is 20.3. The standard InChI is InChI=1S/C57H110O6/c1-6-8-9-10-11-12-13-14-15-18-22-29-34-39-44-49-57(60)63-54(51-62-56(59)48-43-38-33-28-24-23-26-31-36-41-46-53(5)7-2)50-61-55(58)47-42-37-32-27-21-19-16-17-20-25-30-35-40-45-52(3)4/h52-54H,6-51H2,1-5H3/t53?,54-/m1/s1. The number of rotatable bonds is 51. The van der Waals surface area contributed by atoms with Gasteiger partial charge in [0.15, 0.2) is 6.10 Å². The van der Waals surface area contributed by atoms with Crippen LogP contribution in [0.1, 0.15) is 317 Å². The van der Waals surface area contributed by atoms with Crippen molar-refractivity contribution in [2.75, 3.05) is 13.2 Å². The monoisotopic (exact) mass is 891 g/mol. The average Bonchev–Trinajstić information content (AvgIpc) is 3.27. The van der Waals surface area contributed by atoms with Crippen molar-refractivity contribution in [2.24, 2.45) is 11.8 Å². The lowest BCUT2D eigenvalue weighted by molar-refractivity contribution is -0.167. The summed E-state index contributed by atoms with van der Waals surface area (Å²) < 4.78 is 16.9. The van der Waals surface area contributed by atoms with Crippen molar-refractivity contribution in [3.63, 3.8) is 0 Å². The molecule has 0 aliphatic carbocycles. The molecule has 0 amide bonds. The van der Waals surface area contributed by atoms with Crippen LogP contribution in [-0.2, 0) is 28.6 Å². The number of hydrogen-bond donors (Lipinski definition) is 0. The minimum Gasteiger partial charge on any atom is -0.462 e. The van der Waals surface area contributed by atoms with Gasteiger partial charge in [-0.15, -0.1) is 0 Å². The fourth-order valence-corrected chi connectivity index (χ4v) is 8.66. The predicted octanol–water partition coefficient (Wildman–Crippen LogP) is 18.5. The highest BCUT2D eigenvalue weighted by atomic mass is 16.6. The number of hydrogen-bond acceptors (Lipinski definition) is 6. The van der Waals surface area contributed by atoms with Crippen LogP contribution in [0.15, 0.2) is 0 Å². The van der Waals surface area contributed by atoms with Gasteiger partial charge in [0.2, 0.25) is 0 Å². The summed E-state index contributed by atoms with van der Waals surface area (Å²) in [6, 6.07) is 0. The fraction of sp³-hybridized carbons (Fsp3) is 0.947. The highest BCUT2D eigenvalue weighted by molar-refractivity contribution is 5.71. The molecule has 0 heterocycles. The molecule has 0 fully saturated rings. The largest absolute Gasteiger partial charge is 0.462 e. The van der Waals surface area contributed by atoms with Gasteiger partial charge in [0.25, 0.3) is 0 Å². The van der Waals surface area contributed by atoms with Crippen molar-refractivity contribution in [1.29, 1.82) is 0 Å². The van der Waals surface area contributed by atoms with E-state index in [0.29, 0.717) is 19.3 Å². The molecule has 0 aromatic rings. The Balaban J connectivity index is 4.31. The zero-order chi connectivity index (χ0) is 46.1. The quantitative estimate of drug-likeness (QED) is 0.0344. The van der Waals surface area contributed by atoms with Gasteiger partial charge in [0, 0.05) is 19.3 Å². The molecule has 0 aliphatic heterocycles. The molecule has 0 saturated carbocycles. The highest BCUT2D eigenvalue weighted by Gasteiger charge is 2.19. The minimum absolute atomic E-state index is 0.0630. The van der Waals surface area contributed by atoms with E-state index in [9.17, 15) is 14.4 Å². The Kier molecular flexibility index (Phi) is 48.6. The summed E-state index contributed by atoms with van der Waals surface area (Å²) in [5, 5.41) is 0. The van der Waals surface area contributed by atoms with Crippen molar-refractivity contribution in [3.05, 3.63) is 0 Å². The summed E-state index contributed by atoms with van der Waals surface area (Å²) in [5.74, 6) is 0.868. The maximum absolute atomic E-state index is 12.8. The number of carbonyl (C=O) groups is 3. The lowest BCUT2D eigenvalue weighted by Gasteiger charge is -2.18. The highest BCUT2D eigenvalue weighted by Crippen LogP contribution is 2.18. The van der Waals surface area contributed by atoms with Gasteiger partial charge in [-0.3, -0.25) is 14.4 Å². The van der Waals surface area contributed by atoms with E-state index in [1.807, 2.05) is 0 Å². The van der Waals surface area contributed by atoms with Crippen molar-refractivity contribution >= 4 is 17.9 Å². The second-order valence-corrected chi connectivity index (χ2v) is 20.3. The third kappa shape index (κ3) is 49.7. The summed E-state index contributed by atoms with van der Waals surface area (Å²) >= 11 is 0. The van der Waals surface area contributed by atoms with E-state index in [1.54, 1.807) is 0 Å². The van der Waals surface area contributed by atoms with E-state index < -0.39 is 6.10 Å². The van der Waals surface area contributed by atoms with Crippen LogP contribution in [-0.4, -0.2) is 37.2 Å². The Labute approximate surface area is 393 Å². The Morgan fingerprint density at radius 2 is 0.603 bits per heavy atom. The van der Waals surface area contributed by atoms with Gasteiger partial charge in [-0.1, -0.05) is 279 Å². The minimum atomic E-state index is -0.762. The summed E-state index contributed by atoms with van der Waals surface area (Å²) in [5.41, 5.74) is 0. The van der Waals surface area contributed by atoms with Gasteiger partial charge < -0.3 is 14.2 Å². The van der Waals surface area contributed by atoms with E-state index in [0.717, 1.165) is 69.6 Å². The number of unbranched alkanes of at least 4 members (excludes halogenated alkanes) is 35. The molecule has 1 unspecified atom stereocenters. The first-order valence-corrected chi connectivity index (χ1v) is 28.3. The van der Waals surface area contributed by atoms with E-state index in [4.69, 9.17) is 14.2 Å². The zero-order valence-electron chi connectivity index (χ0n) is 43.2. The summed E-state index contributed by atoms with van der Waals surface area (Å²) in [6.07, 6.45) is 52.2. The Morgan fingerprint density at radius 3 is 0.905 bits per heavy atom. The van der Waals surface area contributed by atoms with Gasteiger partial charge in [-0.25, -0.2) is 0 Å². The van der Waals surface area contributed by atoms with E-state index >= 15 is 0 Å². The third-order valence-electron chi connectivity index (χ3n) is 13.3. The van der Waals surface area contributed by atoms with Crippen LogP contribution in [0, 0.1) is 11.8 Å². The molecule has 0 aliphatic rings. The SMILES string of the molecule is CCCCCCCCCCCCCCCCCC(=O)O[C@H](COC(=O)CCCCCCCCCCCCCCCC(C)C)COC(=O)CCCCCCCCCCCCC(C)CC. The van der Waals surface area contributed by atoms with Crippen molar-refractivity contribution in [1.82, 2.24) is 0 Å². The summed E-state index contributed by atoms with van der Waals surface area (Å²) in [4.78, 5) is 38.1. The van der Waals surface area contributed by atoms with E-state index in [2.05, 4.69) is 34.6 Å². The third-order valence-corrected chi connectivity index (χ3v) is 13.3. The summed E-state index contributed by atoms with van der Waals surface area (Å²) in [6.45, 7) is 11.4. The first kappa shape index (κ1) is 61.4. The predicted molar refractivity (Wildman–Crippen MR) is 270 cm³/mol. The molecule has 0 N–H and O–H groups in total. The Bertz CT molecular complexity index is 964. The van der Waals surface area contributed by atoms with Crippen LogP contribution in [0.5, 0.6) is 0 Å². The molecule has 0 rings (SSSR count). The van der Waals surface area contributed by atoms with Crippen LogP contribution in [0.4, 0.5) is 0 Å². The van der Waals surface area contributed by atoms with E-state index in [-0.39, 0.29) is 31.1 Å². The molecule has 0 radical (unpaired) electrons. The molecule has 6 nitrogen and oxygen atoms in total. The molecular weight excluding hydrogens is 781 g/mol. The van der Waals surface area contributed by atoms with Crippen LogP contribution in [0.2, 0.25) is 0 Å².